The Morgan fingerprint density at radius 3 is 2.95 bits per heavy atom. The lowest BCUT2D eigenvalue weighted by Gasteiger charge is -2.03. The minimum Gasteiger partial charge on any atom is -0.395 e. The minimum atomic E-state index is -0.247. The van der Waals surface area contributed by atoms with E-state index in [-0.39, 0.29) is 11.6 Å². The van der Waals surface area contributed by atoms with Crippen LogP contribution in [0.2, 0.25) is 4.34 Å². The van der Waals surface area contributed by atoms with E-state index in [0.717, 1.165) is 34.2 Å². The standard InChI is InChI=1S/C13H17ClN4OS/c1-2-3-9-11(15)12(18-17-9)13(19)16-7-6-8-4-5-10(14)20-8/h4-5H,2-3,6-7,15H2,1H3,(H,16,19)(H,17,18). The summed E-state index contributed by atoms with van der Waals surface area (Å²) in [6, 6.07) is 3.81. The number of nitrogens with one attached hydrogen (secondary N) is 2. The van der Waals surface area contributed by atoms with E-state index < -0.39 is 0 Å². The van der Waals surface area contributed by atoms with Crippen LogP contribution < -0.4 is 11.1 Å². The Bertz CT molecular complexity index is 593. The molecule has 1 amide bonds. The van der Waals surface area contributed by atoms with Gasteiger partial charge >= 0.3 is 0 Å². The van der Waals surface area contributed by atoms with Gasteiger partial charge in [0, 0.05) is 11.4 Å². The van der Waals surface area contributed by atoms with Crippen LogP contribution in [0.4, 0.5) is 5.69 Å². The second-order valence-electron chi connectivity index (χ2n) is 4.43. The van der Waals surface area contributed by atoms with Gasteiger partial charge in [0.2, 0.25) is 0 Å². The first-order chi connectivity index (χ1) is 9.61. The number of carbonyl (C=O) groups is 1. The summed E-state index contributed by atoms with van der Waals surface area (Å²) >= 11 is 7.37. The Balaban J connectivity index is 1.88. The monoisotopic (exact) mass is 312 g/mol. The molecule has 2 aromatic heterocycles. The number of aryl methyl sites for hydroxylation is 1. The quantitative estimate of drug-likeness (QED) is 0.766. The smallest absolute Gasteiger partial charge is 0.273 e. The molecule has 2 rings (SSSR count). The van der Waals surface area contributed by atoms with Crippen molar-refractivity contribution in [3.05, 3.63) is 32.7 Å². The third kappa shape index (κ3) is 3.52. The van der Waals surface area contributed by atoms with Crippen LogP contribution in [0.5, 0.6) is 0 Å². The molecule has 0 unspecified atom stereocenters. The van der Waals surface area contributed by atoms with E-state index in [1.807, 2.05) is 19.1 Å². The number of hydrogen-bond acceptors (Lipinski definition) is 4. The Morgan fingerprint density at radius 2 is 2.30 bits per heavy atom. The third-order valence-corrected chi connectivity index (χ3v) is 4.17. The topological polar surface area (TPSA) is 83.8 Å². The van der Waals surface area contributed by atoms with Crippen molar-refractivity contribution in [2.45, 2.75) is 26.2 Å². The van der Waals surface area contributed by atoms with E-state index in [0.29, 0.717) is 12.2 Å². The molecule has 0 aliphatic rings. The number of halogens is 1. The molecule has 0 spiro atoms. The number of aromatic nitrogens is 2. The first kappa shape index (κ1) is 14.9. The van der Waals surface area contributed by atoms with Gasteiger partial charge in [-0.05, 0) is 25.0 Å². The zero-order valence-corrected chi connectivity index (χ0v) is 12.8. The number of nitrogen functional groups attached to an aromatic ring is 1. The summed E-state index contributed by atoms with van der Waals surface area (Å²) in [6.45, 7) is 2.58. The number of H-pyrrole nitrogens is 1. The van der Waals surface area contributed by atoms with Crippen molar-refractivity contribution in [2.75, 3.05) is 12.3 Å². The van der Waals surface area contributed by atoms with Gasteiger partial charge in [0.1, 0.15) is 0 Å². The summed E-state index contributed by atoms with van der Waals surface area (Å²) in [5, 5.41) is 9.61. The lowest BCUT2D eigenvalue weighted by molar-refractivity contribution is 0.0950. The van der Waals surface area contributed by atoms with E-state index in [2.05, 4.69) is 15.5 Å². The predicted octanol–water partition coefficient (Wildman–Crippen LogP) is 2.63. The van der Waals surface area contributed by atoms with E-state index in [9.17, 15) is 4.79 Å². The maximum Gasteiger partial charge on any atom is 0.273 e. The van der Waals surface area contributed by atoms with Gasteiger partial charge < -0.3 is 11.1 Å². The number of nitrogens with two attached hydrogens (primary N) is 1. The van der Waals surface area contributed by atoms with Gasteiger partial charge in [-0.25, -0.2) is 0 Å². The van der Waals surface area contributed by atoms with Gasteiger partial charge in [0.05, 0.1) is 15.7 Å². The highest BCUT2D eigenvalue weighted by Crippen LogP contribution is 2.21. The molecule has 0 fully saturated rings. The highest BCUT2D eigenvalue weighted by molar-refractivity contribution is 7.16. The van der Waals surface area contributed by atoms with Crippen LogP contribution in [-0.4, -0.2) is 22.6 Å². The van der Waals surface area contributed by atoms with Gasteiger partial charge in [-0.15, -0.1) is 11.3 Å². The average molecular weight is 313 g/mol. The number of carbonyl (C=O) groups excluding carboxylic acids is 1. The first-order valence-electron chi connectivity index (χ1n) is 6.47. The summed E-state index contributed by atoms with van der Waals surface area (Å²) in [5.41, 5.74) is 7.45. The maximum atomic E-state index is 12.0. The predicted molar refractivity (Wildman–Crippen MR) is 82.4 cm³/mol. The Hall–Kier alpha value is -1.53. The molecule has 0 aliphatic heterocycles. The van der Waals surface area contributed by atoms with Crippen molar-refractivity contribution in [2.24, 2.45) is 0 Å². The normalized spacial score (nSPS) is 10.7. The lowest BCUT2D eigenvalue weighted by atomic mass is 10.2. The van der Waals surface area contributed by atoms with Crippen molar-refractivity contribution < 1.29 is 4.79 Å². The summed E-state index contributed by atoms with van der Waals surface area (Å²) in [4.78, 5) is 13.1. The third-order valence-electron chi connectivity index (χ3n) is 2.88. The number of anilines is 1. The van der Waals surface area contributed by atoms with E-state index >= 15 is 0 Å². The van der Waals surface area contributed by atoms with Crippen molar-refractivity contribution in [3.8, 4) is 0 Å². The molecule has 2 aromatic rings. The fraction of sp³-hybridized carbons (Fsp3) is 0.385. The minimum absolute atomic E-state index is 0.247. The molecule has 0 saturated carbocycles. The van der Waals surface area contributed by atoms with Crippen molar-refractivity contribution in [1.29, 1.82) is 0 Å². The second-order valence-corrected chi connectivity index (χ2v) is 6.23. The molecular weight excluding hydrogens is 296 g/mol. The van der Waals surface area contributed by atoms with Crippen LogP contribution in [0.3, 0.4) is 0 Å². The fourth-order valence-electron chi connectivity index (χ4n) is 1.87. The molecule has 0 bridgehead atoms. The van der Waals surface area contributed by atoms with Gasteiger partial charge in [-0.1, -0.05) is 24.9 Å². The van der Waals surface area contributed by atoms with Crippen LogP contribution in [0.1, 0.15) is 34.4 Å². The van der Waals surface area contributed by atoms with Crippen LogP contribution in [0.25, 0.3) is 0 Å². The van der Waals surface area contributed by atoms with Gasteiger partial charge in [0.25, 0.3) is 5.91 Å². The molecule has 0 radical (unpaired) electrons. The molecule has 0 aromatic carbocycles. The molecular formula is C13H17ClN4OS. The first-order valence-corrected chi connectivity index (χ1v) is 7.66. The number of nitrogens with zero attached hydrogens (tertiary/aromatic N) is 1. The summed E-state index contributed by atoms with van der Waals surface area (Å²) < 4.78 is 0.757. The Morgan fingerprint density at radius 1 is 1.50 bits per heavy atom. The summed E-state index contributed by atoms with van der Waals surface area (Å²) in [7, 11) is 0. The highest BCUT2D eigenvalue weighted by atomic mass is 35.5. The molecule has 0 saturated heterocycles. The number of thiophene rings is 1. The van der Waals surface area contributed by atoms with Crippen molar-refractivity contribution >= 4 is 34.5 Å². The summed E-state index contributed by atoms with van der Waals surface area (Å²) in [5.74, 6) is -0.247. The number of aromatic amines is 1. The van der Waals surface area contributed by atoms with Crippen molar-refractivity contribution in [1.82, 2.24) is 15.5 Å². The molecule has 7 heteroatoms. The number of rotatable bonds is 6. The SMILES string of the molecule is CCCc1[nH]nc(C(=O)NCCc2ccc(Cl)s2)c1N. The zero-order chi connectivity index (χ0) is 14.5. The second kappa shape index (κ2) is 6.76. The Labute approximate surface area is 126 Å². The zero-order valence-electron chi connectivity index (χ0n) is 11.2. The largest absolute Gasteiger partial charge is 0.395 e. The Kier molecular flexibility index (Phi) is 5.03. The molecule has 20 heavy (non-hydrogen) atoms. The molecule has 5 nitrogen and oxygen atoms in total. The van der Waals surface area contributed by atoms with Gasteiger partial charge in [0.15, 0.2) is 5.69 Å². The van der Waals surface area contributed by atoms with Crippen LogP contribution in [0.15, 0.2) is 12.1 Å². The lowest BCUT2D eigenvalue weighted by Crippen LogP contribution is -2.26. The number of amides is 1. The molecule has 0 aliphatic carbocycles. The molecule has 4 N–H and O–H groups in total. The van der Waals surface area contributed by atoms with Gasteiger partial charge in [-0.3, -0.25) is 9.89 Å². The van der Waals surface area contributed by atoms with Crippen molar-refractivity contribution in [3.63, 3.8) is 0 Å². The van der Waals surface area contributed by atoms with Crippen LogP contribution in [-0.2, 0) is 12.8 Å². The van der Waals surface area contributed by atoms with E-state index in [1.165, 1.54) is 11.3 Å². The highest BCUT2D eigenvalue weighted by Gasteiger charge is 2.16. The number of hydrogen-bond donors (Lipinski definition) is 3. The summed E-state index contributed by atoms with van der Waals surface area (Å²) in [6.07, 6.45) is 2.49. The van der Waals surface area contributed by atoms with Gasteiger partial charge in [-0.2, -0.15) is 5.10 Å². The molecule has 2 heterocycles. The fourth-order valence-corrected chi connectivity index (χ4v) is 2.96. The molecule has 108 valence electrons. The van der Waals surface area contributed by atoms with E-state index in [4.69, 9.17) is 17.3 Å². The molecule has 0 atom stereocenters. The average Bonchev–Trinajstić information content (AvgIpc) is 2.98. The maximum absolute atomic E-state index is 12.0. The van der Waals surface area contributed by atoms with Crippen LogP contribution in [0, 0.1) is 0 Å². The van der Waals surface area contributed by atoms with E-state index in [1.54, 1.807) is 0 Å². The van der Waals surface area contributed by atoms with Crippen LogP contribution >= 0.6 is 22.9 Å².